The SMILES string of the molecule is CN1C(=O)CC(c2cc3ccc(Br)cc3n2-c2ccccc2N)C1=O. The second-order valence-electron chi connectivity index (χ2n) is 6.21. The van der Waals surface area contributed by atoms with Gasteiger partial charge in [-0.05, 0) is 30.3 Å². The third-order valence-electron chi connectivity index (χ3n) is 4.71. The molecule has 0 bridgehead atoms. The van der Waals surface area contributed by atoms with Gasteiger partial charge in [-0.3, -0.25) is 14.5 Å². The number of hydrogen-bond acceptors (Lipinski definition) is 3. The molecule has 1 aromatic heterocycles. The summed E-state index contributed by atoms with van der Waals surface area (Å²) in [6, 6.07) is 15.5. The molecule has 0 aliphatic carbocycles. The molecular formula is C19H16BrN3O2. The number of carbonyl (C=O) groups excluding carboxylic acids is 2. The first-order chi connectivity index (χ1) is 12.0. The van der Waals surface area contributed by atoms with Crippen LogP contribution in [0.4, 0.5) is 5.69 Å². The van der Waals surface area contributed by atoms with Crippen molar-refractivity contribution in [2.45, 2.75) is 12.3 Å². The number of para-hydroxylation sites is 2. The van der Waals surface area contributed by atoms with E-state index in [1.807, 2.05) is 53.1 Å². The Morgan fingerprint density at radius 3 is 2.56 bits per heavy atom. The van der Waals surface area contributed by atoms with Gasteiger partial charge < -0.3 is 10.3 Å². The molecule has 1 atom stereocenters. The molecule has 2 aromatic carbocycles. The molecule has 2 N–H and O–H groups in total. The minimum Gasteiger partial charge on any atom is -0.397 e. The number of likely N-dealkylation sites (N-methyl/N-ethyl adjacent to an activating group) is 1. The summed E-state index contributed by atoms with van der Waals surface area (Å²) < 4.78 is 2.93. The highest BCUT2D eigenvalue weighted by molar-refractivity contribution is 9.10. The smallest absolute Gasteiger partial charge is 0.238 e. The fourth-order valence-corrected chi connectivity index (χ4v) is 3.75. The molecule has 0 spiro atoms. The second-order valence-corrected chi connectivity index (χ2v) is 7.13. The molecule has 6 heteroatoms. The van der Waals surface area contributed by atoms with E-state index in [0.29, 0.717) is 5.69 Å². The number of nitrogen functional groups attached to an aromatic ring is 1. The van der Waals surface area contributed by atoms with Crippen molar-refractivity contribution in [3.8, 4) is 5.69 Å². The van der Waals surface area contributed by atoms with Crippen molar-refractivity contribution in [3.63, 3.8) is 0 Å². The fraction of sp³-hybridized carbons (Fsp3) is 0.158. The van der Waals surface area contributed by atoms with E-state index in [-0.39, 0.29) is 18.2 Å². The highest BCUT2D eigenvalue weighted by Crippen LogP contribution is 2.37. The lowest BCUT2D eigenvalue weighted by molar-refractivity contribution is -0.137. The standard InChI is InChI=1S/C19H16BrN3O2/c1-22-18(24)10-13(19(22)25)17-8-11-6-7-12(20)9-16(11)23(17)15-5-3-2-4-14(15)21/h2-9,13H,10,21H2,1H3. The van der Waals surface area contributed by atoms with Gasteiger partial charge in [0.15, 0.2) is 0 Å². The molecule has 1 aliphatic rings. The lowest BCUT2D eigenvalue weighted by Gasteiger charge is -2.16. The monoisotopic (exact) mass is 397 g/mol. The van der Waals surface area contributed by atoms with Crippen LogP contribution in [0.15, 0.2) is 53.0 Å². The van der Waals surface area contributed by atoms with Gasteiger partial charge in [-0.25, -0.2) is 0 Å². The van der Waals surface area contributed by atoms with Crippen LogP contribution in [0.2, 0.25) is 0 Å². The number of aromatic nitrogens is 1. The van der Waals surface area contributed by atoms with Gasteiger partial charge in [0.25, 0.3) is 0 Å². The zero-order valence-electron chi connectivity index (χ0n) is 13.6. The van der Waals surface area contributed by atoms with Gasteiger partial charge in [-0.15, -0.1) is 0 Å². The number of halogens is 1. The molecule has 2 amide bonds. The Kier molecular flexibility index (Phi) is 3.65. The third-order valence-corrected chi connectivity index (χ3v) is 5.20. The largest absolute Gasteiger partial charge is 0.397 e. The molecule has 0 radical (unpaired) electrons. The number of carbonyl (C=O) groups is 2. The Hall–Kier alpha value is -2.60. The minimum atomic E-state index is -0.497. The molecular weight excluding hydrogens is 382 g/mol. The maximum atomic E-state index is 12.6. The number of nitrogens with zero attached hydrogens (tertiary/aromatic N) is 2. The van der Waals surface area contributed by atoms with Gasteiger partial charge in [0.05, 0.1) is 22.8 Å². The summed E-state index contributed by atoms with van der Waals surface area (Å²) >= 11 is 3.51. The van der Waals surface area contributed by atoms with Crippen molar-refractivity contribution in [1.29, 1.82) is 0 Å². The van der Waals surface area contributed by atoms with E-state index in [0.717, 1.165) is 26.8 Å². The molecule has 126 valence electrons. The van der Waals surface area contributed by atoms with Gasteiger partial charge >= 0.3 is 0 Å². The quantitative estimate of drug-likeness (QED) is 0.531. The summed E-state index contributed by atoms with van der Waals surface area (Å²) in [6.45, 7) is 0. The number of rotatable bonds is 2. The highest BCUT2D eigenvalue weighted by Gasteiger charge is 2.39. The lowest BCUT2D eigenvalue weighted by Crippen LogP contribution is -2.25. The predicted octanol–water partition coefficient (Wildman–Crippen LogP) is 3.45. The second kappa shape index (κ2) is 5.74. The first-order valence-electron chi connectivity index (χ1n) is 7.93. The van der Waals surface area contributed by atoms with Gasteiger partial charge in [0.2, 0.25) is 11.8 Å². The number of likely N-dealkylation sites (tertiary alicyclic amines) is 1. The Balaban J connectivity index is 2.02. The first kappa shape index (κ1) is 15.9. The summed E-state index contributed by atoms with van der Waals surface area (Å²) in [7, 11) is 1.53. The Bertz CT molecular complexity index is 1020. The van der Waals surface area contributed by atoms with Crippen LogP contribution in [0.25, 0.3) is 16.6 Å². The molecule has 2 heterocycles. The van der Waals surface area contributed by atoms with Gasteiger partial charge in [-0.2, -0.15) is 0 Å². The predicted molar refractivity (Wildman–Crippen MR) is 101 cm³/mol. The Morgan fingerprint density at radius 1 is 1.12 bits per heavy atom. The molecule has 4 rings (SSSR count). The van der Waals surface area contributed by atoms with E-state index in [4.69, 9.17) is 5.73 Å². The molecule has 0 saturated carbocycles. The van der Waals surface area contributed by atoms with Crippen LogP contribution < -0.4 is 5.73 Å². The van der Waals surface area contributed by atoms with Gasteiger partial charge in [0.1, 0.15) is 0 Å². The average molecular weight is 398 g/mol. The molecule has 1 unspecified atom stereocenters. The number of fused-ring (bicyclic) bond motifs is 1. The summed E-state index contributed by atoms with van der Waals surface area (Å²) in [5, 5.41) is 0.997. The maximum Gasteiger partial charge on any atom is 0.238 e. The van der Waals surface area contributed by atoms with Crippen molar-refractivity contribution < 1.29 is 9.59 Å². The van der Waals surface area contributed by atoms with Crippen LogP contribution in [0, 0.1) is 0 Å². The molecule has 25 heavy (non-hydrogen) atoms. The molecule has 1 aliphatic heterocycles. The third kappa shape index (κ3) is 2.44. The van der Waals surface area contributed by atoms with Crippen molar-refractivity contribution in [2.75, 3.05) is 12.8 Å². The molecule has 5 nitrogen and oxygen atoms in total. The molecule has 1 saturated heterocycles. The summed E-state index contributed by atoms with van der Waals surface area (Å²) in [4.78, 5) is 25.8. The van der Waals surface area contributed by atoms with E-state index < -0.39 is 5.92 Å². The molecule has 3 aromatic rings. The van der Waals surface area contributed by atoms with Crippen molar-refractivity contribution in [2.24, 2.45) is 0 Å². The maximum absolute atomic E-state index is 12.6. The van der Waals surface area contributed by atoms with Crippen LogP contribution in [0.3, 0.4) is 0 Å². The van der Waals surface area contributed by atoms with Gasteiger partial charge in [-0.1, -0.05) is 34.1 Å². The van der Waals surface area contributed by atoms with Crippen LogP contribution >= 0.6 is 15.9 Å². The number of hydrogen-bond donors (Lipinski definition) is 1. The van der Waals surface area contributed by atoms with E-state index >= 15 is 0 Å². The average Bonchev–Trinajstić information content (AvgIpc) is 3.07. The van der Waals surface area contributed by atoms with E-state index in [1.165, 1.54) is 11.9 Å². The van der Waals surface area contributed by atoms with Gasteiger partial charge in [0, 0.05) is 29.0 Å². The fourth-order valence-electron chi connectivity index (χ4n) is 3.40. The van der Waals surface area contributed by atoms with Crippen molar-refractivity contribution in [1.82, 2.24) is 9.47 Å². The number of anilines is 1. The Morgan fingerprint density at radius 2 is 1.88 bits per heavy atom. The minimum absolute atomic E-state index is 0.158. The lowest BCUT2D eigenvalue weighted by atomic mass is 10.0. The number of nitrogens with two attached hydrogens (primary N) is 1. The highest BCUT2D eigenvalue weighted by atomic mass is 79.9. The van der Waals surface area contributed by atoms with Crippen molar-refractivity contribution in [3.05, 3.63) is 58.7 Å². The molecule has 1 fully saturated rings. The topological polar surface area (TPSA) is 68.3 Å². The van der Waals surface area contributed by atoms with Crippen LogP contribution in [0.5, 0.6) is 0 Å². The zero-order valence-corrected chi connectivity index (χ0v) is 15.2. The van der Waals surface area contributed by atoms with E-state index in [9.17, 15) is 9.59 Å². The van der Waals surface area contributed by atoms with E-state index in [1.54, 1.807) is 0 Å². The van der Waals surface area contributed by atoms with E-state index in [2.05, 4.69) is 15.9 Å². The van der Waals surface area contributed by atoms with Crippen LogP contribution in [0.1, 0.15) is 18.0 Å². The summed E-state index contributed by atoms with van der Waals surface area (Å²) in [6.07, 6.45) is 0.180. The first-order valence-corrected chi connectivity index (χ1v) is 8.73. The summed E-state index contributed by atoms with van der Waals surface area (Å²) in [5.41, 5.74) is 9.35. The summed E-state index contributed by atoms with van der Waals surface area (Å²) in [5.74, 6) is -0.833. The zero-order chi connectivity index (χ0) is 17.7. The normalized spacial score (nSPS) is 17.7. The number of benzene rings is 2. The van der Waals surface area contributed by atoms with Crippen LogP contribution in [-0.2, 0) is 9.59 Å². The Labute approximate surface area is 153 Å². The number of imide groups is 1. The number of amides is 2. The van der Waals surface area contributed by atoms with Crippen LogP contribution in [-0.4, -0.2) is 28.3 Å². The van der Waals surface area contributed by atoms with Crippen molar-refractivity contribution >= 4 is 44.3 Å².